The Kier molecular flexibility index (Phi) is 4.57. The molecule has 1 fully saturated rings. The van der Waals surface area contributed by atoms with Crippen LogP contribution >= 0.6 is 11.3 Å². The smallest absolute Gasteiger partial charge is 0.224 e. The molecule has 1 aromatic carbocycles. The van der Waals surface area contributed by atoms with E-state index in [1.165, 1.54) is 17.4 Å². The van der Waals surface area contributed by atoms with E-state index in [0.29, 0.717) is 12.1 Å². The van der Waals surface area contributed by atoms with Crippen LogP contribution in [0.3, 0.4) is 0 Å². The molecule has 2 aromatic rings. The molecule has 1 N–H and O–H groups in total. The van der Waals surface area contributed by atoms with E-state index in [0.717, 1.165) is 42.2 Å². The number of aromatic nitrogens is 1. The Bertz CT molecular complexity index is 672. The summed E-state index contributed by atoms with van der Waals surface area (Å²) in [6.45, 7) is 4.31. The normalized spacial score (nSPS) is 18.6. The van der Waals surface area contributed by atoms with Gasteiger partial charge in [-0.15, -0.1) is 0 Å². The van der Waals surface area contributed by atoms with Crippen LogP contribution in [0.15, 0.2) is 18.2 Å². The Morgan fingerprint density at radius 1 is 1.55 bits per heavy atom. The molecule has 0 bridgehead atoms. The van der Waals surface area contributed by atoms with Gasteiger partial charge in [0.25, 0.3) is 0 Å². The molecule has 1 atom stereocenters. The lowest BCUT2D eigenvalue weighted by Crippen LogP contribution is -2.43. The Morgan fingerprint density at radius 2 is 2.41 bits per heavy atom. The molecule has 2 heterocycles. The Labute approximate surface area is 133 Å². The largest absolute Gasteiger partial charge is 0.356 e. The monoisotopic (exact) mass is 321 g/mol. The number of hydrogen-bond acceptors (Lipinski definition) is 4. The number of benzene rings is 1. The van der Waals surface area contributed by atoms with E-state index < -0.39 is 0 Å². The summed E-state index contributed by atoms with van der Waals surface area (Å²) in [6.07, 6.45) is 2.81. The van der Waals surface area contributed by atoms with Gasteiger partial charge in [-0.1, -0.05) is 24.3 Å². The number of thiazole rings is 1. The standard InChI is InChI=1S/C16H20FN3OS/c1-2-8-18-15(21)11-5-4-9-20(10-11)16-19-14-12(17)6-3-7-13(14)22-16/h3,6-7,11H,2,4-5,8-10H2,1H3,(H,18,21). The van der Waals surface area contributed by atoms with Crippen LogP contribution in [0.5, 0.6) is 0 Å². The minimum absolute atomic E-state index is 0.00263. The summed E-state index contributed by atoms with van der Waals surface area (Å²) >= 11 is 1.49. The highest BCUT2D eigenvalue weighted by molar-refractivity contribution is 7.22. The summed E-state index contributed by atoms with van der Waals surface area (Å²) < 4.78 is 14.6. The van der Waals surface area contributed by atoms with E-state index in [9.17, 15) is 9.18 Å². The second-order valence-electron chi connectivity index (χ2n) is 5.66. The molecule has 1 saturated heterocycles. The Hall–Kier alpha value is -1.69. The fraction of sp³-hybridized carbons (Fsp3) is 0.500. The number of halogens is 1. The maximum absolute atomic E-state index is 13.8. The van der Waals surface area contributed by atoms with Gasteiger partial charge in [-0.2, -0.15) is 0 Å². The third kappa shape index (κ3) is 3.06. The van der Waals surface area contributed by atoms with Crippen molar-refractivity contribution in [2.75, 3.05) is 24.5 Å². The van der Waals surface area contributed by atoms with Crippen molar-refractivity contribution in [3.8, 4) is 0 Å². The first-order valence-corrected chi connectivity index (χ1v) is 8.58. The third-order valence-corrected chi connectivity index (χ3v) is 5.05. The zero-order chi connectivity index (χ0) is 15.5. The molecule has 1 amide bonds. The minimum Gasteiger partial charge on any atom is -0.356 e. The van der Waals surface area contributed by atoms with Gasteiger partial charge in [0.15, 0.2) is 5.13 Å². The molecule has 4 nitrogen and oxygen atoms in total. The first-order valence-electron chi connectivity index (χ1n) is 7.76. The van der Waals surface area contributed by atoms with Crippen molar-refractivity contribution in [3.05, 3.63) is 24.0 Å². The average Bonchev–Trinajstić information content (AvgIpc) is 2.98. The number of fused-ring (bicyclic) bond motifs is 1. The average molecular weight is 321 g/mol. The second-order valence-corrected chi connectivity index (χ2v) is 6.67. The van der Waals surface area contributed by atoms with Crippen LogP contribution in [0, 0.1) is 11.7 Å². The van der Waals surface area contributed by atoms with Crippen LogP contribution < -0.4 is 10.2 Å². The van der Waals surface area contributed by atoms with Crippen LogP contribution in [0.2, 0.25) is 0 Å². The lowest BCUT2D eigenvalue weighted by Gasteiger charge is -2.31. The van der Waals surface area contributed by atoms with E-state index in [1.54, 1.807) is 6.07 Å². The SMILES string of the molecule is CCCNC(=O)C1CCCN(c2nc3c(F)cccc3s2)C1. The summed E-state index contributed by atoms with van der Waals surface area (Å²) in [4.78, 5) is 18.7. The van der Waals surface area contributed by atoms with Gasteiger partial charge in [-0.05, 0) is 31.4 Å². The summed E-state index contributed by atoms with van der Waals surface area (Å²) in [5.74, 6) is -0.162. The van der Waals surface area contributed by atoms with E-state index in [2.05, 4.69) is 15.2 Å². The second kappa shape index (κ2) is 6.60. The first kappa shape index (κ1) is 15.2. The topological polar surface area (TPSA) is 45.2 Å². The predicted molar refractivity (Wildman–Crippen MR) is 87.8 cm³/mol. The van der Waals surface area contributed by atoms with Crippen LogP contribution in [-0.4, -0.2) is 30.5 Å². The molecule has 0 spiro atoms. The van der Waals surface area contributed by atoms with Crippen LogP contribution in [-0.2, 0) is 4.79 Å². The molecular weight excluding hydrogens is 301 g/mol. The van der Waals surface area contributed by atoms with Gasteiger partial charge in [-0.25, -0.2) is 9.37 Å². The van der Waals surface area contributed by atoms with Gasteiger partial charge in [-0.3, -0.25) is 4.79 Å². The number of carbonyl (C=O) groups excluding carboxylic acids is 1. The van der Waals surface area contributed by atoms with E-state index in [4.69, 9.17) is 0 Å². The van der Waals surface area contributed by atoms with Gasteiger partial charge in [0.2, 0.25) is 5.91 Å². The fourth-order valence-corrected chi connectivity index (χ4v) is 3.81. The van der Waals surface area contributed by atoms with Crippen molar-refractivity contribution in [2.24, 2.45) is 5.92 Å². The fourth-order valence-electron chi connectivity index (χ4n) is 2.80. The molecule has 22 heavy (non-hydrogen) atoms. The molecule has 0 aliphatic carbocycles. The maximum atomic E-state index is 13.8. The number of carbonyl (C=O) groups is 1. The van der Waals surface area contributed by atoms with Gasteiger partial charge in [0, 0.05) is 19.6 Å². The lowest BCUT2D eigenvalue weighted by molar-refractivity contribution is -0.125. The quantitative estimate of drug-likeness (QED) is 0.941. The number of hydrogen-bond donors (Lipinski definition) is 1. The van der Waals surface area contributed by atoms with Crippen molar-refractivity contribution in [3.63, 3.8) is 0 Å². The molecule has 1 unspecified atom stereocenters. The molecule has 1 aliphatic rings. The third-order valence-electron chi connectivity index (χ3n) is 3.97. The highest BCUT2D eigenvalue weighted by atomic mass is 32.1. The van der Waals surface area contributed by atoms with Gasteiger partial charge < -0.3 is 10.2 Å². The zero-order valence-corrected chi connectivity index (χ0v) is 13.5. The number of anilines is 1. The van der Waals surface area contributed by atoms with Crippen molar-refractivity contribution in [1.82, 2.24) is 10.3 Å². The summed E-state index contributed by atoms with van der Waals surface area (Å²) in [7, 11) is 0. The molecular formula is C16H20FN3OS. The number of piperidine rings is 1. The first-order chi connectivity index (χ1) is 10.7. The van der Waals surface area contributed by atoms with E-state index in [1.807, 2.05) is 13.0 Å². The Morgan fingerprint density at radius 3 is 3.18 bits per heavy atom. The van der Waals surface area contributed by atoms with Crippen LogP contribution in [0.4, 0.5) is 9.52 Å². The molecule has 1 aliphatic heterocycles. The number of amides is 1. The number of nitrogens with one attached hydrogen (secondary N) is 1. The van der Waals surface area contributed by atoms with Gasteiger partial charge in [0.1, 0.15) is 11.3 Å². The van der Waals surface area contributed by atoms with Crippen molar-refractivity contribution in [1.29, 1.82) is 0 Å². The highest BCUT2D eigenvalue weighted by Crippen LogP contribution is 2.32. The van der Waals surface area contributed by atoms with E-state index in [-0.39, 0.29) is 17.6 Å². The summed E-state index contributed by atoms with van der Waals surface area (Å²) in [5, 5.41) is 3.78. The number of nitrogens with zero attached hydrogens (tertiary/aromatic N) is 2. The van der Waals surface area contributed by atoms with Crippen molar-refractivity contribution >= 4 is 32.6 Å². The van der Waals surface area contributed by atoms with Gasteiger partial charge in [0.05, 0.1) is 10.6 Å². The number of para-hydroxylation sites is 1. The number of rotatable bonds is 4. The lowest BCUT2D eigenvalue weighted by atomic mass is 9.97. The molecule has 6 heteroatoms. The van der Waals surface area contributed by atoms with E-state index >= 15 is 0 Å². The summed E-state index contributed by atoms with van der Waals surface area (Å²) in [6, 6.07) is 5.02. The van der Waals surface area contributed by atoms with Crippen LogP contribution in [0.1, 0.15) is 26.2 Å². The Balaban J connectivity index is 1.75. The summed E-state index contributed by atoms with van der Waals surface area (Å²) in [5.41, 5.74) is 0.431. The molecule has 3 rings (SSSR count). The predicted octanol–water partition coefficient (Wildman–Crippen LogP) is 3.18. The zero-order valence-electron chi connectivity index (χ0n) is 12.6. The van der Waals surface area contributed by atoms with Crippen molar-refractivity contribution < 1.29 is 9.18 Å². The van der Waals surface area contributed by atoms with Crippen molar-refractivity contribution in [2.45, 2.75) is 26.2 Å². The van der Waals surface area contributed by atoms with Gasteiger partial charge >= 0.3 is 0 Å². The molecule has 1 aromatic heterocycles. The molecule has 0 saturated carbocycles. The highest BCUT2D eigenvalue weighted by Gasteiger charge is 2.27. The molecule has 0 radical (unpaired) electrons. The van der Waals surface area contributed by atoms with Crippen LogP contribution in [0.25, 0.3) is 10.2 Å². The minimum atomic E-state index is -0.283. The maximum Gasteiger partial charge on any atom is 0.224 e. The molecule has 118 valence electrons.